The largest absolute Gasteiger partial charge is 0.490 e. The van der Waals surface area contributed by atoms with Crippen molar-refractivity contribution in [1.29, 1.82) is 0 Å². The molecule has 0 fully saturated rings. The Morgan fingerprint density at radius 1 is 1.17 bits per heavy atom. The van der Waals surface area contributed by atoms with E-state index in [4.69, 9.17) is 21.1 Å². The van der Waals surface area contributed by atoms with E-state index in [0.29, 0.717) is 23.9 Å². The Labute approximate surface area is 147 Å². The zero-order chi connectivity index (χ0) is 17.5. The molecule has 2 aromatic carbocycles. The summed E-state index contributed by atoms with van der Waals surface area (Å²) in [5, 5.41) is 3.35. The number of hydrogen-bond donors (Lipinski definition) is 1. The van der Waals surface area contributed by atoms with Gasteiger partial charge >= 0.3 is 0 Å². The van der Waals surface area contributed by atoms with Crippen molar-refractivity contribution in [1.82, 2.24) is 5.32 Å². The van der Waals surface area contributed by atoms with Crippen LogP contribution in [0.3, 0.4) is 0 Å². The van der Waals surface area contributed by atoms with Crippen molar-refractivity contribution >= 4 is 17.5 Å². The van der Waals surface area contributed by atoms with E-state index in [1.54, 1.807) is 19.1 Å². The van der Waals surface area contributed by atoms with Gasteiger partial charge in [0.15, 0.2) is 6.10 Å². The van der Waals surface area contributed by atoms with Crippen molar-refractivity contribution in [2.45, 2.75) is 26.9 Å². The van der Waals surface area contributed by atoms with Gasteiger partial charge in [-0.15, -0.1) is 0 Å². The molecule has 2 rings (SSSR count). The van der Waals surface area contributed by atoms with Crippen molar-refractivity contribution in [3.8, 4) is 11.5 Å². The van der Waals surface area contributed by atoms with E-state index in [0.717, 1.165) is 16.9 Å². The van der Waals surface area contributed by atoms with Gasteiger partial charge in [0.1, 0.15) is 18.1 Å². The monoisotopic (exact) mass is 347 g/mol. The lowest BCUT2D eigenvalue weighted by atomic mass is 10.1. The summed E-state index contributed by atoms with van der Waals surface area (Å²) in [7, 11) is 0. The number of nitrogens with one attached hydrogen (secondary N) is 1. The molecule has 0 bridgehead atoms. The predicted molar refractivity (Wildman–Crippen MR) is 96.0 cm³/mol. The van der Waals surface area contributed by atoms with Gasteiger partial charge in [-0.05, 0) is 50.1 Å². The Morgan fingerprint density at radius 2 is 1.92 bits per heavy atom. The minimum absolute atomic E-state index is 0.182. The molecular weight excluding hydrogens is 326 g/mol. The molecule has 1 amide bonds. The molecule has 2 aromatic rings. The molecule has 0 saturated carbocycles. The number of amides is 1. The summed E-state index contributed by atoms with van der Waals surface area (Å²) in [5.74, 6) is 1.15. The Bertz CT molecular complexity index is 703. The fourth-order valence-corrected chi connectivity index (χ4v) is 2.31. The second kappa shape index (κ2) is 8.60. The minimum atomic E-state index is -0.578. The standard InChI is InChI=1S/C19H22ClNO3/c1-13-8-9-14(2)18(12-13)24-15(3)19(22)21-10-11-23-17-7-5-4-6-16(17)20/h4-9,12,15H,10-11H2,1-3H3,(H,21,22)/t15-/m1/s1. The summed E-state index contributed by atoms with van der Waals surface area (Å²) in [6.07, 6.45) is -0.578. The van der Waals surface area contributed by atoms with E-state index in [1.165, 1.54) is 0 Å². The van der Waals surface area contributed by atoms with Crippen molar-refractivity contribution in [2.75, 3.05) is 13.2 Å². The van der Waals surface area contributed by atoms with Gasteiger partial charge in [-0.2, -0.15) is 0 Å². The molecule has 0 spiro atoms. The Balaban J connectivity index is 1.77. The first-order valence-electron chi connectivity index (χ1n) is 7.86. The van der Waals surface area contributed by atoms with Crippen molar-refractivity contribution < 1.29 is 14.3 Å². The quantitative estimate of drug-likeness (QED) is 0.772. The number of carbonyl (C=O) groups is 1. The number of carbonyl (C=O) groups excluding carboxylic acids is 1. The summed E-state index contributed by atoms with van der Waals surface area (Å²) in [6.45, 7) is 6.39. The summed E-state index contributed by atoms with van der Waals surface area (Å²) >= 11 is 6.00. The number of aryl methyl sites for hydroxylation is 2. The van der Waals surface area contributed by atoms with Crippen molar-refractivity contribution in [3.05, 3.63) is 58.6 Å². The maximum Gasteiger partial charge on any atom is 0.260 e. The average molecular weight is 348 g/mol. The number of para-hydroxylation sites is 1. The van der Waals surface area contributed by atoms with Gasteiger partial charge in [-0.3, -0.25) is 4.79 Å². The fourth-order valence-electron chi connectivity index (χ4n) is 2.12. The lowest BCUT2D eigenvalue weighted by molar-refractivity contribution is -0.127. The highest BCUT2D eigenvalue weighted by Gasteiger charge is 2.15. The molecule has 0 aliphatic rings. The van der Waals surface area contributed by atoms with Crippen molar-refractivity contribution in [3.63, 3.8) is 0 Å². The first-order valence-corrected chi connectivity index (χ1v) is 8.24. The van der Waals surface area contributed by atoms with Crippen LogP contribution in [0.2, 0.25) is 5.02 Å². The van der Waals surface area contributed by atoms with E-state index >= 15 is 0 Å². The first kappa shape index (κ1) is 18.1. The maximum absolute atomic E-state index is 12.1. The molecule has 24 heavy (non-hydrogen) atoms. The fraction of sp³-hybridized carbons (Fsp3) is 0.316. The van der Waals surface area contributed by atoms with Gasteiger partial charge in [0.05, 0.1) is 11.6 Å². The first-order chi connectivity index (χ1) is 11.5. The second-order valence-corrected chi connectivity index (χ2v) is 6.01. The van der Waals surface area contributed by atoms with Crippen LogP contribution < -0.4 is 14.8 Å². The minimum Gasteiger partial charge on any atom is -0.490 e. The lowest BCUT2D eigenvalue weighted by Gasteiger charge is -2.17. The van der Waals surface area contributed by atoms with E-state index in [2.05, 4.69) is 5.32 Å². The normalized spacial score (nSPS) is 11.7. The van der Waals surface area contributed by atoms with Crippen LogP contribution in [-0.2, 0) is 4.79 Å². The zero-order valence-electron chi connectivity index (χ0n) is 14.1. The lowest BCUT2D eigenvalue weighted by Crippen LogP contribution is -2.38. The Hall–Kier alpha value is -2.20. The highest BCUT2D eigenvalue weighted by molar-refractivity contribution is 6.32. The predicted octanol–water partition coefficient (Wildman–Crippen LogP) is 3.92. The highest BCUT2D eigenvalue weighted by Crippen LogP contribution is 2.23. The number of ether oxygens (including phenoxy) is 2. The number of halogens is 1. The van der Waals surface area contributed by atoms with Gasteiger partial charge in [0.2, 0.25) is 0 Å². The summed E-state index contributed by atoms with van der Waals surface area (Å²) in [4.78, 5) is 12.1. The van der Waals surface area contributed by atoms with Gasteiger partial charge in [0, 0.05) is 0 Å². The van der Waals surface area contributed by atoms with E-state index in [-0.39, 0.29) is 5.91 Å². The third-order valence-corrected chi connectivity index (χ3v) is 3.82. The molecule has 0 aromatic heterocycles. The topological polar surface area (TPSA) is 47.6 Å². The smallest absolute Gasteiger partial charge is 0.260 e. The molecular formula is C19H22ClNO3. The van der Waals surface area contributed by atoms with Crippen LogP contribution >= 0.6 is 11.6 Å². The van der Waals surface area contributed by atoms with Gasteiger partial charge < -0.3 is 14.8 Å². The van der Waals surface area contributed by atoms with Crippen molar-refractivity contribution in [2.24, 2.45) is 0 Å². The molecule has 0 aliphatic carbocycles. The SMILES string of the molecule is Cc1ccc(C)c(O[C@H](C)C(=O)NCCOc2ccccc2Cl)c1. The molecule has 0 heterocycles. The molecule has 0 radical (unpaired) electrons. The molecule has 0 unspecified atom stereocenters. The van der Waals surface area contributed by atoms with Crippen LogP contribution in [0.15, 0.2) is 42.5 Å². The summed E-state index contributed by atoms with van der Waals surface area (Å²) in [6, 6.07) is 13.2. The molecule has 1 atom stereocenters. The van der Waals surface area contributed by atoms with Crippen LogP contribution in [0.1, 0.15) is 18.1 Å². The van der Waals surface area contributed by atoms with Crippen LogP contribution in [-0.4, -0.2) is 25.2 Å². The van der Waals surface area contributed by atoms with Gasteiger partial charge in [0.25, 0.3) is 5.91 Å². The highest BCUT2D eigenvalue weighted by atomic mass is 35.5. The van der Waals surface area contributed by atoms with E-state index < -0.39 is 6.10 Å². The summed E-state index contributed by atoms with van der Waals surface area (Å²) < 4.78 is 11.3. The molecule has 5 heteroatoms. The summed E-state index contributed by atoms with van der Waals surface area (Å²) in [5.41, 5.74) is 2.10. The molecule has 0 aliphatic heterocycles. The third kappa shape index (κ3) is 5.17. The Kier molecular flexibility index (Phi) is 6.50. The molecule has 0 saturated heterocycles. The third-order valence-electron chi connectivity index (χ3n) is 3.51. The van der Waals surface area contributed by atoms with Gasteiger partial charge in [-0.25, -0.2) is 0 Å². The van der Waals surface area contributed by atoms with Crippen LogP contribution in [0.25, 0.3) is 0 Å². The maximum atomic E-state index is 12.1. The second-order valence-electron chi connectivity index (χ2n) is 5.60. The van der Waals surface area contributed by atoms with E-state index in [9.17, 15) is 4.79 Å². The van der Waals surface area contributed by atoms with Crippen LogP contribution in [0.4, 0.5) is 0 Å². The van der Waals surface area contributed by atoms with Gasteiger partial charge in [-0.1, -0.05) is 35.9 Å². The molecule has 1 N–H and O–H groups in total. The number of rotatable bonds is 7. The number of benzene rings is 2. The Morgan fingerprint density at radius 3 is 2.67 bits per heavy atom. The average Bonchev–Trinajstić information content (AvgIpc) is 2.56. The van der Waals surface area contributed by atoms with E-state index in [1.807, 2.05) is 44.2 Å². The van der Waals surface area contributed by atoms with Crippen LogP contribution in [0.5, 0.6) is 11.5 Å². The molecule has 4 nitrogen and oxygen atoms in total. The molecule has 128 valence electrons. The zero-order valence-corrected chi connectivity index (χ0v) is 14.9. The number of hydrogen-bond acceptors (Lipinski definition) is 3. The van der Waals surface area contributed by atoms with Crippen LogP contribution in [0, 0.1) is 13.8 Å².